The molecule has 3 rings (SSSR count). The first kappa shape index (κ1) is 12.4. The SMILES string of the molecule is CC1Cc2cc(C(=O)c3cncc(Br)c3)ccc2O1. The number of ketones is 1. The summed E-state index contributed by atoms with van der Waals surface area (Å²) in [5.41, 5.74) is 2.36. The Hall–Kier alpha value is -1.68. The lowest BCUT2D eigenvalue weighted by molar-refractivity contribution is 0.103. The molecule has 1 aliphatic heterocycles. The van der Waals surface area contributed by atoms with Crippen LogP contribution in [-0.2, 0) is 6.42 Å². The van der Waals surface area contributed by atoms with Crippen LogP contribution >= 0.6 is 15.9 Å². The van der Waals surface area contributed by atoms with Gasteiger partial charge in [-0.15, -0.1) is 0 Å². The van der Waals surface area contributed by atoms with Gasteiger partial charge in [0.1, 0.15) is 11.9 Å². The summed E-state index contributed by atoms with van der Waals surface area (Å²) in [5, 5.41) is 0. The second kappa shape index (κ2) is 4.78. The van der Waals surface area contributed by atoms with E-state index in [9.17, 15) is 4.79 Å². The average molecular weight is 318 g/mol. The zero-order valence-corrected chi connectivity index (χ0v) is 12.0. The number of nitrogens with zero attached hydrogens (tertiary/aromatic N) is 1. The lowest BCUT2D eigenvalue weighted by Crippen LogP contribution is -2.05. The third-order valence-electron chi connectivity index (χ3n) is 3.13. The van der Waals surface area contributed by atoms with Gasteiger partial charge in [0.15, 0.2) is 5.78 Å². The van der Waals surface area contributed by atoms with E-state index in [1.54, 1.807) is 24.5 Å². The van der Waals surface area contributed by atoms with Crippen LogP contribution in [0.3, 0.4) is 0 Å². The summed E-state index contributed by atoms with van der Waals surface area (Å²) in [6.07, 6.45) is 4.29. The largest absolute Gasteiger partial charge is 0.490 e. The molecule has 0 bridgehead atoms. The van der Waals surface area contributed by atoms with Gasteiger partial charge in [0.05, 0.1) is 0 Å². The molecule has 1 aromatic carbocycles. The van der Waals surface area contributed by atoms with Gasteiger partial charge in [0, 0.05) is 34.4 Å². The monoisotopic (exact) mass is 317 g/mol. The lowest BCUT2D eigenvalue weighted by atomic mass is 10.0. The van der Waals surface area contributed by atoms with E-state index < -0.39 is 0 Å². The molecule has 0 radical (unpaired) electrons. The molecule has 19 heavy (non-hydrogen) atoms. The Morgan fingerprint density at radius 3 is 2.95 bits per heavy atom. The highest BCUT2D eigenvalue weighted by Gasteiger charge is 2.20. The van der Waals surface area contributed by atoms with Gasteiger partial charge < -0.3 is 4.74 Å². The van der Waals surface area contributed by atoms with E-state index in [0.717, 1.165) is 22.2 Å². The summed E-state index contributed by atoms with van der Waals surface area (Å²) in [5.74, 6) is 0.868. The number of hydrogen-bond donors (Lipinski definition) is 0. The van der Waals surface area contributed by atoms with E-state index in [2.05, 4.69) is 20.9 Å². The molecule has 0 spiro atoms. The van der Waals surface area contributed by atoms with Crippen LogP contribution < -0.4 is 4.74 Å². The van der Waals surface area contributed by atoms with Gasteiger partial charge in [-0.25, -0.2) is 0 Å². The summed E-state index contributed by atoms with van der Waals surface area (Å²) in [6.45, 7) is 2.03. The first-order chi connectivity index (χ1) is 9.13. The molecular formula is C15H12BrNO2. The summed E-state index contributed by atoms with van der Waals surface area (Å²) in [4.78, 5) is 16.4. The summed E-state index contributed by atoms with van der Waals surface area (Å²) in [7, 11) is 0. The van der Waals surface area contributed by atoms with Crippen LogP contribution in [0.15, 0.2) is 41.1 Å². The van der Waals surface area contributed by atoms with Crippen molar-refractivity contribution < 1.29 is 9.53 Å². The van der Waals surface area contributed by atoms with Crippen molar-refractivity contribution in [2.75, 3.05) is 0 Å². The molecule has 0 aliphatic carbocycles. The molecule has 1 aliphatic rings. The highest BCUT2D eigenvalue weighted by Crippen LogP contribution is 2.30. The molecule has 0 saturated heterocycles. The van der Waals surface area contributed by atoms with Crippen molar-refractivity contribution in [2.45, 2.75) is 19.4 Å². The van der Waals surface area contributed by atoms with Crippen LogP contribution in [0.1, 0.15) is 28.4 Å². The zero-order chi connectivity index (χ0) is 13.4. The Balaban J connectivity index is 1.95. The smallest absolute Gasteiger partial charge is 0.194 e. The minimum absolute atomic E-state index is 0.0175. The third-order valence-corrected chi connectivity index (χ3v) is 3.56. The summed E-state index contributed by atoms with van der Waals surface area (Å²) < 4.78 is 6.44. The summed E-state index contributed by atoms with van der Waals surface area (Å²) >= 11 is 3.33. The maximum Gasteiger partial charge on any atom is 0.194 e. The van der Waals surface area contributed by atoms with E-state index in [1.165, 1.54) is 0 Å². The minimum atomic E-state index is -0.0175. The number of benzene rings is 1. The van der Waals surface area contributed by atoms with Gasteiger partial charge in [0.25, 0.3) is 0 Å². The van der Waals surface area contributed by atoms with Gasteiger partial charge in [-0.2, -0.15) is 0 Å². The van der Waals surface area contributed by atoms with E-state index in [4.69, 9.17) is 4.74 Å². The molecule has 0 amide bonds. The van der Waals surface area contributed by atoms with Gasteiger partial charge in [-0.05, 0) is 52.7 Å². The number of aromatic nitrogens is 1. The van der Waals surface area contributed by atoms with E-state index in [-0.39, 0.29) is 11.9 Å². The lowest BCUT2D eigenvalue weighted by Gasteiger charge is -2.04. The van der Waals surface area contributed by atoms with Crippen molar-refractivity contribution in [3.8, 4) is 5.75 Å². The Morgan fingerprint density at radius 2 is 2.16 bits per heavy atom. The van der Waals surface area contributed by atoms with Gasteiger partial charge in [0.2, 0.25) is 0 Å². The molecule has 4 heteroatoms. The molecule has 2 aromatic rings. The molecule has 1 aromatic heterocycles. The van der Waals surface area contributed by atoms with Crippen LogP contribution in [0.25, 0.3) is 0 Å². The predicted octanol–water partition coefficient (Wildman–Crippen LogP) is 3.40. The fourth-order valence-electron chi connectivity index (χ4n) is 2.27. The van der Waals surface area contributed by atoms with Gasteiger partial charge in [-0.3, -0.25) is 9.78 Å². The third kappa shape index (κ3) is 2.40. The first-order valence-corrected chi connectivity index (χ1v) is 6.87. The Kier molecular flexibility index (Phi) is 3.11. The predicted molar refractivity (Wildman–Crippen MR) is 75.6 cm³/mol. The normalized spacial score (nSPS) is 16.8. The molecule has 1 atom stereocenters. The Morgan fingerprint density at radius 1 is 1.32 bits per heavy atom. The molecule has 0 N–H and O–H groups in total. The van der Waals surface area contributed by atoms with Crippen molar-refractivity contribution in [1.29, 1.82) is 0 Å². The molecule has 2 heterocycles. The quantitative estimate of drug-likeness (QED) is 0.797. The van der Waals surface area contributed by atoms with Crippen LogP contribution in [0.4, 0.5) is 0 Å². The number of carbonyl (C=O) groups excluding carboxylic acids is 1. The second-order valence-corrected chi connectivity index (χ2v) is 5.59. The molecule has 0 saturated carbocycles. The number of pyridine rings is 1. The van der Waals surface area contributed by atoms with E-state index >= 15 is 0 Å². The highest BCUT2D eigenvalue weighted by atomic mass is 79.9. The van der Waals surface area contributed by atoms with Crippen molar-refractivity contribution >= 4 is 21.7 Å². The van der Waals surface area contributed by atoms with Crippen molar-refractivity contribution in [1.82, 2.24) is 4.98 Å². The number of ether oxygens (including phenoxy) is 1. The van der Waals surface area contributed by atoms with Crippen LogP contribution in [0, 0.1) is 0 Å². The fraction of sp³-hybridized carbons (Fsp3) is 0.200. The molecule has 0 fully saturated rings. The van der Waals surface area contributed by atoms with Crippen LogP contribution in [0.2, 0.25) is 0 Å². The number of fused-ring (bicyclic) bond motifs is 1. The maximum absolute atomic E-state index is 12.4. The number of hydrogen-bond acceptors (Lipinski definition) is 3. The number of carbonyl (C=O) groups is 1. The molecule has 1 unspecified atom stereocenters. The standard InChI is InChI=1S/C15H12BrNO2/c1-9-4-11-5-10(2-3-14(11)19-9)15(18)12-6-13(16)8-17-7-12/h2-3,5-9H,4H2,1H3. The van der Waals surface area contributed by atoms with Gasteiger partial charge in [-0.1, -0.05) is 0 Å². The van der Waals surface area contributed by atoms with Crippen molar-refractivity contribution in [3.05, 3.63) is 57.8 Å². The van der Waals surface area contributed by atoms with E-state index in [0.29, 0.717) is 11.1 Å². The highest BCUT2D eigenvalue weighted by molar-refractivity contribution is 9.10. The van der Waals surface area contributed by atoms with Gasteiger partial charge >= 0.3 is 0 Å². The first-order valence-electron chi connectivity index (χ1n) is 6.08. The zero-order valence-electron chi connectivity index (χ0n) is 10.4. The second-order valence-electron chi connectivity index (χ2n) is 4.68. The maximum atomic E-state index is 12.4. The fourth-order valence-corrected chi connectivity index (χ4v) is 2.63. The van der Waals surface area contributed by atoms with Crippen molar-refractivity contribution in [2.24, 2.45) is 0 Å². The number of rotatable bonds is 2. The Bertz CT molecular complexity index is 654. The number of halogens is 1. The average Bonchev–Trinajstić information content (AvgIpc) is 2.76. The molecular weight excluding hydrogens is 306 g/mol. The summed E-state index contributed by atoms with van der Waals surface area (Å²) in [6, 6.07) is 7.38. The van der Waals surface area contributed by atoms with Crippen molar-refractivity contribution in [3.63, 3.8) is 0 Å². The minimum Gasteiger partial charge on any atom is -0.490 e. The molecule has 96 valence electrons. The van der Waals surface area contributed by atoms with E-state index in [1.807, 2.05) is 19.1 Å². The topological polar surface area (TPSA) is 39.2 Å². The molecule has 3 nitrogen and oxygen atoms in total. The van der Waals surface area contributed by atoms with Crippen LogP contribution in [0.5, 0.6) is 5.75 Å². The Labute approximate surface area is 119 Å². The van der Waals surface area contributed by atoms with Crippen LogP contribution in [-0.4, -0.2) is 16.9 Å².